The van der Waals surface area contributed by atoms with Crippen molar-refractivity contribution >= 4 is 25.3 Å². The van der Waals surface area contributed by atoms with E-state index in [9.17, 15) is 0 Å². The van der Waals surface area contributed by atoms with Crippen LogP contribution in [0.1, 0.15) is 11.1 Å². The molecule has 0 saturated heterocycles. The smallest absolute Gasteiger partial charge is 0.0206 e. The highest BCUT2D eigenvalue weighted by Gasteiger charge is 1.99. The summed E-state index contributed by atoms with van der Waals surface area (Å²) < 4.78 is 0. The maximum Gasteiger partial charge on any atom is 0.0206 e. The first kappa shape index (κ1) is 8.02. The van der Waals surface area contributed by atoms with Crippen molar-refractivity contribution in [3.63, 3.8) is 0 Å². The molecule has 0 radical (unpaired) electrons. The Morgan fingerprint density at radius 2 is 1.70 bits per heavy atom. The van der Waals surface area contributed by atoms with Gasteiger partial charge in [-0.3, -0.25) is 0 Å². The van der Waals surface area contributed by atoms with Crippen molar-refractivity contribution in [3.05, 3.63) is 23.3 Å². The second kappa shape index (κ2) is 2.89. The van der Waals surface area contributed by atoms with E-state index in [0.717, 1.165) is 9.79 Å². The molecule has 54 valence electrons. The lowest BCUT2D eigenvalue weighted by molar-refractivity contribution is 1.14. The minimum Gasteiger partial charge on any atom is -0.142 e. The fourth-order valence-electron chi connectivity index (χ4n) is 0.787. The average Bonchev–Trinajstić information content (AvgIpc) is 1.93. The van der Waals surface area contributed by atoms with Crippen LogP contribution in [-0.4, -0.2) is 0 Å². The molecule has 0 heterocycles. The lowest BCUT2D eigenvalue weighted by Gasteiger charge is -2.04. The number of rotatable bonds is 0. The zero-order chi connectivity index (χ0) is 7.72. The van der Waals surface area contributed by atoms with Crippen molar-refractivity contribution < 1.29 is 0 Å². The molecule has 0 bridgehead atoms. The third kappa shape index (κ3) is 1.32. The molecule has 0 spiro atoms. The van der Waals surface area contributed by atoms with Gasteiger partial charge in [0.15, 0.2) is 0 Å². The maximum absolute atomic E-state index is 4.30. The van der Waals surface area contributed by atoms with Crippen LogP contribution < -0.4 is 0 Å². The van der Waals surface area contributed by atoms with E-state index in [1.165, 1.54) is 11.1 Å². The Bertz CT molecular complexity index is 227. The van der Waals surface area contributed by atoms with Gasteiger partial charge in [-0.1, -0.05) is 6.07 Å². The molecule has 0 aliphatic carbocycles. The largest absolute Gasteiger partial charge is 0.142 e. The molecule has 2 heteroatoms. The van der Waals surface area contributed by atoms with Gasteiger partial charge in [-0.25, -0.2) is 0 Å². The summed E-state index contributed by atoms with van der Waals surface area (Å²) in [5.74, 6) is 0. The number of benzene rings is 1. The predicted molar refractivity (Wildman–Crippen MR) is 50.4 cm³/mol. The van der Waals surface area contributed by atoms with E-state index in [2.05, 4.69) is 45.2 Å². The normalized spacial score (nSPS) is 10.0. The van der Waals surface area contributed by atoms with Gasteiger partial charge in [-0.15, -0.1) is 25.3 Å². The SMILES string of the molecule is Cc1ccc(S)c(S)c1C. The van der Waals surface area contributed by atoms with E-state index < -0.39 is 0 Å². The van der Waals surface area contributed by atoms with Gasteiger partial charge >= 0.3 is 0 Å². The molecular formula is C8H10S2. The van der Waals surface area contributed by atoms with Gasteiger partial charge in [0.05, 0.1) is 0 Å². The van der Waals surface area contributed by atoms with Gasteiger partial charge in [-0.05, 0) is 31.0 Å². The van der Waals surface area contributed by atoms with Crippen LogP contribution in [0.3, 0.4) is 0 Å². The van der Waals surface area contributed by atoms with Gasteiger partial charge in [0, 0.05) is 9.79 Å². The van der Waals surface area contributed by atoms with Gasteiger partial charge in [-0.2, -0.15) is 0 Å². The first-order chi connectivity index (χ1) is 4.63. The zero-order valence-electron chi connectivity index (χ0n) is 6.05. The number of hydrogen-bond donors (Lipinski definition) is 2. The minimum atomic E-state index is 0.950. The minimum absolute atomic E-state index is 0.950. The van der Waals surface area contributed by atoms with Gasteiger partial charge < -0.3 is 0 Å². The van der Waals surface area contributed by atoms with Crippen LogP contribution in [0.4, 0.5) is 0 Å². The van der Waals surface area contributed by atoms with Crippen molar-refractivity contribution in [3.8, 4) is 0 Å². The summed E-state index contributed by atoms with van der Waals surface area (Å²) in [6, 6.07) is 4.02. The highest BCUT2D eigenvalue weighted by molar-refractivity contribution is 7.83. The highest BCUT2D eigenvalue weighted by Crippen LogP contribution is 2.23. The molecule has 0 fully saturated rings. The molecule has 0 atom stereocenters. The van der Waals surface area contributed by atoms with Crippen LogP contribution in [-0.2, 0) is 0 Å². The lowest BCUT2D eigenvalue weighted by atomic mass is 10.1. The fraction of sp³-hybridized carbons (Fsp3) is 0.250. The monoisotopic (exact) mass is 170 g/mol. The molecule has 0 aromatic heterocycles. The lowest BCUT2D eigenvalue weighted by Crippen LogP contribution is -1.83. The molecule has 0 amide bonds. The van der Waals surface area contributed by atoms with Crippen molar-refractivity contribution in [2.45, 2.75) is 23.6 Å². The Balaban J connectivity index is 3.34. The van der Waals surface area contributed by atoms with Gasteiger partial charge in [0.2, 0.25) is 0 Å². The first-order valence-electron chi connectivity index (χ1n) is 3.11. The second-order valence-corrected chi connectivity index (χ2v) is 3.30. The third-order valence-electron chi connectivity index (χ3n) is 1.68. The van der Waals surface area contributed by atoms with Crippen LogP contribution in [0.2, 0.25) is 0 Å². The van der Waals surface area contributed by atoms with Crippen LogP contribution in [0, 0.1) is 13.8 Å². The van der Waals surface area contributed by atoms with Crippen molar-refractivity contribution in [1.82, 2.24) is 0 Å². The first-order valence-corrected chi connectivity index (χ1v) is 4.00. The van der Waals surface area contributed by atoms with E-state index in [1.807, 2.05) is 6.07 Å². The van der Waals surface area contributed by atoms with Crippen molar-refractivity contribution in [1.29, 1.82) is 0 Å². The number of aryl methyl sites for hydroxylation is 1. The number of thiol groups is 2. The molecule has 0 N–H and O–H groups in total. The molecule has 0 aliphatic rings. The standard InChI is InChI=1S/C8H10S2/c1-5-3-4-7(9)8(10)6(5)2/h3-4,9-10H,1-2H3. The molecule has 10 heavy (non-hydrogen) atoms. The zero-order valence-corrected chi connectivity index (χ0v) is 7.84. The van der Waals surface area contributed by atoms with Crippen LogP contribution in [0.15, 0.2) is 21.9 Å². The summed E-state index contributed by atoms with van der Waals surface area (Å²) in [6.07, 6.45) is 0. The van der Waals surface area contributed by atoms with E-state index in [1.54, 1.807) is 0 Å². The molecule has 1 rings (SSSR count). The van der Waals surface area contributed by atoms with E-state index in [0.29, 0.717) is 0 Å². The molecule has 0 aliphatic heterocycles. The van der Waals surface area contributed by atoms with Crippen LogP contribution >= 0.6 is 25.3 Å². The Morgan fingerprint density at radius 1 is 1.10 bits per heavy atom. The van der Waals surface area contributed by atoms with E-state index >= 15 is 0 Å². The summed E-state index contributed by atoms with van der Waals surface area (Å²) in [5.41, 5.74) is 2.48. The summed E-state index contributed by atoms with van der Waals surface area (Å²) in [7, 11) is 0. The van der Waals surface area contributed by atoms with Crippen LogP contribution in [0.5, 0.6) is 0 Å². The Labute approximate surface area is 72.5 Å². The quantitative estimate of drug-likeness (QED) is 0.550. The molecule has 0 nitrogen and oxygen atoms in total. The topological polar surface area (TPSA) is 0 Å². The molecule has 1 aromatic rings. The summed E-state index contributed by atoms with van der Waals surface area (Å²) in [4.78, 5) is 1.94. The van der Waals surface area contributed by atoms with Crippen molar-refractivity contribution in [2.24, 2.45) is 0 Å². The van der Waals surface area contributed by atoms with Gasteiger partial charge in [0.1, 0.15) is 0 Å². The highest BCUT2D eigenvalue weighted by atomic mass is 32.1. The van der Waals surface area contributed by atoms with E-state index in [-0.39, 0.29) is 0 Å². The maximum atomic E-state index is 4.30. The predicted octanol–water partition coefficient (Wildman–Crippen LogP) is 2.88. The molecule has 0 unspecified atom stereocenters. The second-order valence-electron chi connectivity index (χ2n) is 2.38. The van der Waals surface area contributed by atoms with E-state index in [4.69, 9.17) is 0 Å². The van der Waals surface area contributed by atoms with Gasteiger partial charge in [0.25, 0.3) is 0 Å². The summed E-state index contributed by atoms with van der Waals surface area (Å²) >= 11 is 8.54. The number of hydrogen-bond acceptors (Lipinski definition) is 2. The summed E-state index contributed by atoms with van der Waals surface area (Å²) in [5, 5.41) is 0. The Morgan fingerprint density at radius 3 is 2.20 bits per heavy atom. The molecular weight excluding hydrogens is 160 g/mol. The third-order valence-corrected chi connectivity index (χ3v) is 2.81. The molecule has 0 saturated carbocycles. The fourth-order valence-corrected chi connectivity index (χ4v) is 1.28. The van der Waals surface area contributed by atoms with Crippen molar-refractivity contribution in [2.75, 3.05) is 0 Å². The van der Waals surface area contributed by atoms with Crippen LogP contribution in [0.25, 0.3) is 0 Å². The Kier molecular flexibility index (Phi) is 2.32. The molecule has 1 aromatic carbocycles. The Hall–Kier alpha value is -0.0800. The summed E-state index contributed by atoms with van der Waals surface area (Å²) in [6.45, 7) is 4.12. The average molecular weight is 170 g/mol.